The van der Waals surface area contributed by atoms with Gasteiger partial charge in [0.05, 0.1) is 0 Å². The van der Waals surface area contributed by atoms with Crippen molar-refractivity contribution in [2.45, 2.75) is 91.9 Å². The molecule has 0 unspecified atom stereocenters. The van der Waals surface area contributed by atoms with E-state index in [1.807, 2.05) is 0 Å². The first-order chi connectivity index (χ1) is 12.3. The molecule has 0 spiro atoms. The van der Waals surface area contributed by atoms with Gasteiger partial charge in [-0.25, -0.2) is 0 Å². The minimum Gasteiger partial charge on any atom is -0.0645 e. The molecule has 0 aliphatic rings. The van der Waals surface area contributed by atoms with Crippen LogP contribution in [0.4, 0.5) is 0 Å². The number of hydrogen-bond donors (Lipinski definition) is 0. The van der Waals surface area contributed by atoms with Gasteiger partial charge in [0.25, 0.3) is 0 Å². The molecule has 0 saturated heterocycles. The van der Waals surface area contributed by atoms with E-state index in [4.69, 9.17) is 0 Å². The van der Waals surface area contributed by atoms with Crippen LogP contribution in [-0.2, 0) is 10.8 Å². The third-order valence-corrected chi connectivity index (χ3v) is 7.13. The van der Waals surface area contributed by atoms with Gasteiger partial charge in [0.1, 0.15) is 0 Å². The number of rotatable bonds is 7. The summed E-state index contributed by atoms with van der Waals surface area (Å²) in [5.74, 6) is 0. The van der Waals surface area contributed by atoms with Gasteiger partial charge in [0.2, 0.25) is 0 Å². The van der Waals surface area contributed by atoms with Gasteiger partial charge >= 0.3 is 0 Å². The summed E-state index contributed by atoms with van der Waals surface area (Å²) in [7, 11) is 0. The lowest BCUT2D eigenvalue weighted by molar-refractivity contribution is 0.175. The van der Waals surface area contributed by atoms with Gasteiger partial charge in [-0.1, -0.05) is 75.2 Å². The Morgan fingerprint density at radius 2 is 0.846 bits per heavy atom. The van der Waals surface area contributed by atoms with Gasteiger partial charge < -0.3 is 0 Å². The second-order valence-corrected chi connectivity index (χ2v) is 8.22. The van der Waals surface area contributed by atoms with Crippen LogP contribution >= 0.6 is 0 Å². The summed E-state index contributed by atoms with van der Waals surface area (Å²) in [5.41, 5.74) is 9.04. The van der Waals surface area contributed by atoms with E-state index in [2.05, 4.69) is 91.8 Å². The molecule has 0 aliphatic carbocycles. The van der Waals surface area contributed by atoms with Crippen LogP contribution in [0.3, 0.4) is 0 Å². The molecule has 2 aromatic rings. The molecular weight excluding hydrogens is 312 g/mol. The van der Waals surface area contributed by atoms with Gasteiger partial charge in [0.15, 0.2) is 0 Å². The first-order valence-electron chi connectivity index (χ1n) is 10.5. The van der Waals surface area contributed by atoms with Gasteiger partial charge in [-0.15, -0.1) is 0 Å². The molecule has 0 aliphatic heterocycles. The van der Waals surface area contributed by atoms with Crippen molar-refractivity contribution in [3.8, 4) is 0 Å². The van der Waals surface area contributed by atoms with Gasteiger partial charge in [0, 0.05) is 10.8 Å². The minimum atomic E-state index is 0.161. The zero-order chi connectivity index (χ0) is 19.5. The first-order valence-corrected chi connectivity index (χ1v) is 10.5. The van der Waals surface area contributed by atoms with Crippen molar-refractivity contribution in [3.05, 3.63) is 69.8 Å². The maximum atomic E-state index is 2.42. The molecule has 26 heavy (non-hydrogen) atoms. The van der Waals surface area contributed by atoms with E-state index in [0.717, 1.165) is 0 Å². The van der Waals surface area contributed by atoms with Crippen LogP contribution in [0.15, 0.2) is 36.4 Å². The molecule has 142 valence electrons. The molecule has 2 aromatic carbocycles. The zero-order valence-electron chi connectivity index (χ0n) is 18.3. The van der Waals surface area contributed by atoms with E-state index in [1.54, 1.807) is 11.1 Å². The van der Waals surface area contributed by atoms with Crippen molar-refractivity contribution in [1.29, 1.82) is 0 Å². The lowest BCUT2D eigenvalue weighted by Gasteiger charge is -2.52. The fourth-order valence-electron chi connectivity index (χ4n) is 5.83. The highest BCUT2D eigenvalue weighted by Crippen LogP contribution is 2.54. The second kappa shape index (κ2) is 7.99. The largest absolute Gasteiger partial charge is 0.0645 e. The van der Waals surface area contributed by atoms with E-state index < -0.39 is 0 Å². The first kappa shape index (κ1) is 20.7. The Hall–Kier alpha value is -1.56. The molecule has 0 heterocycles. The predicted molar refractivity (Wildman–Crippen MR) is 116 cm³/mol. The molecule has 0 atom stereocenters. The standard InChI is InChI=1S/C26H38/c1-9-25(10-2,23-15-13-19(5)17-21(23)7)26(11-3,12-4)24-16-14-20(6)18-22(24)8/h13-18H,9-12H2,1-8H3. The lowest BCUT2D eigenvalue weighted by Crippen LogP contribution is -2.49. The van der Waals surface area contributed by atoms with E-state index in [1.165, 1.54) is 47.9 Å². The summed E-state index contributed by atoms with van der Waals surface area (Å²) < 4.78 is 0. The SMILES string of the molecule is CCC(CC)(c1ccc(C)cc1C)C(CC)(CC)c1ccc(C)cc1C. The third-order valence-electron chi connectivity index (χ3n) is 7.13. The topological polar surface area (TPSA) is 0 Å². The van der Waals surface area contributed by atoms with E-state index in [0.29, 0.717) is 0 Å². The normalized spacial score (nSPS) is 12.5. The average molecular weight is 351 g/mol. The van der Waals surface area contributed by atoms with E-state index in [9.17, 15) is 0 Å². The molecule has 0 fully saturated rings. The van der Waals surface area contributed by atoms with Crippen LogP contribution in [0.25, 0.3) is 0 Å². The van der Waals surface area contributed by atoms with Crippen LogP contribution in [0.2, 0.25) is 0 Å². The molecule has 0 heteroatoms. The third kappa shape index (κ3) is 3.13. The quantitative estimate of drug-likeness (QED) is 0.479. The Morgan fingerprint density at radius 1 is 0.538 bits per heavy atom. The summed E-state index contributed by atoms with van der Waals surface area (Å²) >= 11 is 0. The van der Waals surface area contributed by atoms with Crippen LogP contribution < -0.4 is 0 Å². The summed E-state index contributed by atoms with van der Waals surface area (Å²) in [6.45, 7) is 18.6. The highest BCUT2D eigenvalue weighted by Gasteiger charge is 2.49. The monoisotopic (exact) mass is 350 g/mol. The Balaban J connectivity index is 2.85. The number of benzene rings is 2. The van der Waals surface area contributed by atoms with Crippen molar-refractivity contribution in [2.24, 2.45) is 0 Å². The minimum absolute atomic E-state index is 0.161. The van der Waals surface area contributed by atoms with Crippen LogP contribution in [0.5, 0.6) is 0 Å². The summed E-state index contributed by atoms with van der Waals surface area (Å²) in [5, 5.41) is 0. The van der Waals surface area contributed by atoms with Crippen LogP contribution in [0.1, 0.15) is 86.8 Å². The van der Waals surface area contributed by atoms with Crippen molar-refractivity contribution < 1.29 is 0 Å². The number of aryl methyl sites for hydroxylation is 4. The summed E-state index contributed by atoms with van der Waals surface area (Å²) in [6, 6.07) is 14.2. The van der Waals surface area contributed by atoms with Crippen molar-refractivity contribution in [2.75, 3.05) is 0 Å². The Bertz CT molecular complexity index is 677. The fraction of sp³-hybridized carbons (Fsp3) is 0.538. The van der Waals surface area contributed by atoms with E-state index >= 15 is 0 Å². The highest BCUT2D eigenvalue weighted by molar-refractivity contribution is 5.46. The molecule has 0 radical (unpaired) electrons. The molecule has 0 nitrogen and oxygen atoms in total. The van der Waals surface area contributed by atoms with Gasteiger partial charge in [-0.3, -0.25) is 0 Å². The summed E-state index contributed by atoms with van der Waals surface area (Å²) in [4.78, 5) is 0. The van der Waals surface area contributed by atoms with Gasteiger partial charge in [-0.05, 0) is 75.6 Å². The second-order valence-electron chi connectivity index (χ2n) is 8.22. The van der Waals surface area contributed by atoms with Crippen LogP contribution in [0, 0.1) is 27.7 Å². The Kier molecular flexibility index (Phi) is 6.37. The molecule has 2 rings (SSSR count). The molecular formula is C26H38. The Labute approximate surface area is 162 Å². The highest BCUT2D eigenvalue weighted by atomic mass is 14.5. The molecule has 0 amide bonds. The molecule has 0 bridgehead atoms. The molecule has 0 N–H and O–H groups in total. The van der Waals surface area contributed by atoms with Gasteiger partial charge in [-0.2, -0.15) is 0 Å². The molecule has 0 saturated carbocycles. The lowest BCUT2D eigenvalue weighted by atomic mass is 9.51. The van der Waals surface area contributed by atoms with E-state index in [-0.39, 0.29) is 10.8 Å². The maximum absolute atomic E-state index is 2.42. The average Bonchev–Trinajstić information content (AvgIpc) is 2.61. The van der Waals surface area contributed by atoms with Crippen molar-refractivity contribution in [1.82, 2.24) is 0 Å². The predicted octanol–water partition coefficient (Wildman–Crippen LogP) is 7.74. The maximum Gasteiger partial charge on any atom is 0.00471 e. The van der Waals surface area contributed by atoms with Crippen molar-refractivity contribution >= 4 is 0 Å². The zero-order valence-corrected chi connectivity index (χ0v) is 18.3. The molecule has 0 aromatic heterocycles. The number of hydrogen-bond acceptors (Lipinski definition) is 0. The van der Waals surface area contributed by atoms with Crippen molar-refractivity contribution in [3.63, 3.8) is 0 Å². The van der Waals surface area contributed by atoms with Crippen LogP contribution in [-0.4, -0.2) is 0 Å². The fourth-order valence-corrected chi connectivity index (χ4v) is 5.83. The smallest absolute Gasteiger partial charge is 0.00471 e. The Morgan fingerprint density at radius 3 is 1.08 bits per heavy atom. The summed E-state index contributed by atoms with van der Waals surface area (Å²) in [6.07, 6.45) is 4.68.